The molecule has 0 N–H and O–H groups in total. The zero-order valence-electron chi connectivity index (χ0n) is 14.4. The van der Waals surface area contributed by atoms with E-state index < -0.39 is 0 Å². The minimum absolute atomic E-state index is 0.904. The molecule has 26 heavy (non-hydrogen) atoms. The maximum absolute atomic E-state index is 4.70. The van der Waals surface area contributed by atoms with Crippen molar-refractivity contribution >= 4 is 5.65 Å². The predicted molar refractivity (Wildman–Crippen MR) is 100 cm³/mol. The molecule has 0 saturated heterocycles. The normalized spacial score (nSPS) is 14.0. The van der Waals surface area contributed by atoms with E-state index in [1.54, 1.807) is 0 Å². The van der Waals surface area contributed by atoms with Crippen molar-refractivity contribution in [3.63, 3.8) is 0 Å². The molecule has 0 radical (unpaired) electrons. The summed E-state index contributed by atoms with van der Waals surface area (Å²) in [7, 11) is 0. The summed E-state index contributed by atoms with van der Waals surface area (Å²) in [6, 6.07) is 12.3. The Morgan fingerprint density at radius 3 is 2.77 bits per heavy atom. The van der Waals surface area contributed by atoms with Crippen LogP contribution in [-0.4, -0.2) is 30.8 Å². The van der Waals surface area contributed by atoms with Gasteiger partial charge in [0.25, 0.3) is 0 Å². The van der Waals surface area contributed by atoms with E-state index in [0.29, 0.717) is 0 Å². The fourth-order valence-electron chi connectivity index (χ4n) is 3.68. The first-order valence-electron chi connectivity index (χ1n) is 8.89. The van der Waals surface area contributed by atoms with Gasteiger partial charge in [0.05, 0.1) is 11.4 Å². The average Bonchev–Trinajstić information content (AvgIpc) is 3.30. The monoisotopic (exact) mass is 341 g/mol. The zero-order chi connectivity index (χ0) is 17.3. The van der Waals surface area contributed by atoms with Crippen LogP contribution in [0.2, 0.25) is 0 Å². The lowest BCUT2D eigenvalue weighted by atomic mass is 10.0. The lowest BCUT2D eigenvalue weighted by molar-refractivity contribution is 0.286. The summed E-state index contributed by atoms with van der Waals surface area (Å²) in [4.78, 5) is 15.9. The van der Waals surface area contributed by atoms with E-state index in [1.165, 1.54) is 22.4 Å². The summed E-state index contributed by atoms with van der Waals surface area (Å²) >= 11 is 0. The molecule has 0 saturated carbocycles. The molecule has 0 spiro atoms. The number of imidazole rings is 1. The highest BCUT2D eigenvalue weighted by atomic mass is 15.2. The van der Waals surface area contributed by atoms with Gasteiger partial charge in [0, 0.05) is 57.0 Å². The molecule has 5 nitrogen and oxygen atoms in total. The van der Waals surface area contributed by atoms with Gasteiger partial charge >= 0.3 is 0 Å². The fourth-order valence-corrected chi connectivity index (χ4v) is 3.68. The van der Waals surface area contributed by atoms with Crippen LogP contribution in [0.15, 0.2) is 67.4 Å². The Bertz CT molecular complexity index is 1020. The summed E-state index contributed by atoms with van der Waals surface area (Å²) in [6.07, 6.45) is 10.7. The molecule has 1 aliphatic rings. The maximum Gasteiger partial charge on any atom is 0.136 e. The van der Waals surface area contributed by atoms with E-state index in [2.05, 4.69) is 43.7 Å². The summed E-state index contributed by atoms with van der Waals surface area (Å²) in [5.74, 6) is 0. The SMILES string of the molecule is c1ccn2cc(CCN3Cc4nccc(-c5ccncc5)c4C3)nc2c1. The molecule has 0 amide bonds. The second-order valence-electron chi connectivity index (χ2n) is 6.68. The third-order valence-electron chi connectivity index (χ3n) is 4.99. The predicted octanol–water partition coefficient (Wildman–Crippen LogP) is 3.35. The minimum atomic E-state index is 0.904. The summed E-state index contributed by atoms with van der Waals surface area (Å²) in [5.41, 5.74) is 7.15. The van der Waals surface area contributed by atoms with Gasteiger partial charge < -0.3 is 4.40 Å². The molecule has 1 aliphatic heterocycles. The second-order valence-corrected chi connectivity index (χ2v) is 6.68. The molecule has 0 unspecified atom stereocenters. The summed E-state index contributed by atoms with van der Waals surface area (Å²) < 4.78 is 2.08. The van der Waals surface area contributed by atoms with Gasteiger partial charge in [0.1, 0.15) is 5.65 Å². The van der Waals surface area contributed by atoms with Crippen LogP contribution in [0.3, 0.4) is 0 Å². The molecular weight excluding hydrogens is 322 g/mol. The lowest BCUT2D eigenvalue weighted by Gasteiger charge is -2.13. The van der Waals surface area contributed by atoms with Crippen molar-refractivity contribution in [3.8, 4) is 11.1 Å². The van der Waals surface area contributed by atoms with Crippen LogP contribution < -0.4 is 0 Å². The van der Waals surface area contributed by atoms with E-state index in [-0.39, 0.29) is 0 Å². The Balaban J connectivity index is 1.33. The fraction of sp³-hybridized carbons (Fsp3) is 0.190. The quantitative estimate of drug-likeness (QED) is 0.571. The Morgan fingerprint density at radius 1 is 0.962 bits per heavy atom. The number of hydrogen-bond acceptors (Lipinski definition) is 4. The van der Waals surface area contributed by atoms with Gasteiger partial charge in [-0.3, -0.25) is 14.9 Å². The van der Waals surface area contributed by atoms with E-state index in [1.807, 2.05) is 43.0 Å². The van der Waals surface area contributed by atoms with Gasteiger partial charge in [-0.15, -0.1) is 0 Å². The molecule has 4 aromatic rings. The first-order chi connectivity index (χ1) is 12.9. The van der Waals surface area contributed by atoms with E-state index >= 15 is 0 Å². The number of rotatable bonds is 4. The Kier molecular flexibility index (Phi) is 3.72. The highest BCUT2D eigenvalue weighted by Crippen LogP contribution is 2.31. The molecule has 0 aromatic carbocycles. The van der Waals surface area contributed by atoms with Crippen LogP contribution in [-0.2, 0) is 19.5 Å². The zero-order valence-corrected chi connectivity index (χ0v) is 14.4. The maximum atomic E-state index is 4.70. The van der Waals surface area contributed by atoms with E-state index in [4.69, 9.17) is 4.98 Å². The largest absolute Gasteiger partial charge is 0.307 e. The third-order valence-corrected chi connectivity index (χ3v) is 4.99. The first-order valence-corrected chi connectivity index (χ1v) is 8.89. The first kappa shape index (κ1) is 15.2. The van der Waals surface area contributed by atoms with Crippen LogP contribution in [0.5, 0.6) is 0 Å². The minimum Gasteiger partial charge on any atom is -0.307 e. The highest BCUT2D eigenvalue weighted by molar-refractivity contribution is 5.67. The number of hydrogen-bond donors (Lipinski definition) is 0. The van der Waals surface area contributed by atoms with Gasteiger partial charge in [-0.25, -0.2) is 4.98 Å². The Hall–Kier alpha value is -3.05. The number of pyridine rings is 3. The Labute approximate surface area is 152 Å². The number of aromatic nitrogens is 4. The highest BCUT2D eigenvalue weighted by Gasteiger charge is 2.23. The van der Waals surface area contributed by atoms with Crippen LogP contribution in [0, 0.1) is 0 Å². The van der Waals surface area contributed by atoms with Crippen molar-refractivity contribution in [2.45, 2.75) is 19.5 Å². The van der Waals surface area contributed by atoms with Gasteiger partial charge in [-0.2, -0.15) is 0 Å². The molecular formula is C21H19N5. The van der Waals surface area contributed by atoms with Crippen LogP contribution >= 0.6 is 0 Å². The molecule has 4 aromatic heterocycles. The van der Waals surface area contributed by atoms with Crippen molar-refractivity contribution in [2.75, 3.05) is 6.54 Å². The average molecular weight is 341 g/mol. The van der Waals surface area contributed by atoms with Crippen LogP contribution in [0.1, 0.15) is 17.0 Å². The molecule has 0 fully saturated rings. The van der Waals surface area contributed by atoms with Gasteiger partial charge in [0.2, 0.25) is 0 Å². The smallest absolute Gasteiger partial charge is 0.136 e. The number of fused-ring (bicyclic) bond motifs is 2. The van der Waals surface area contributed by atoms with Crippen LogP contribution in [0.25, 0.3) is 16.8 Å². The standard InChI is InChI=1S/C21H19N5/c1-2-11-26-13-17(24-21(26)3-1)7-12-25-14-19-18(6-10-23-20(19)15-25)16-4-8-22-9-5-16/h1-6,8-11,13H,7,12,14-15H2. The van der Waals surface area contributed by atoms with Gasteiger partial charge in [0.15, 0.2) is 0 Å². The van der Waals surface area contributed by atoms with Crippen molar-refractivity contribution < 1.29 is 0 Å². The van der Waals surface area contributed by atoms with E-state index in [0.717, 1.165) is 37.4 Å². The van der Waals surface area contributed by atoms with Gasteiger partial charge in [-0.05, 0) is 47.0 Å². The topological polar surface area (TPSA) is 46.3 Å². The summed E-state index contributed by atoms with van der Waals surface area (Å²) in [6.45, 7) is 2.83. The molecule has 5 heterocycles. The van der Waals surface area contributed by atoms with Crippen molar-refractivity contribution in [1.29, 1.82) is 0 Å². The van der Waals surface area contributed by atoms with Crippen molar-refractivity contribution in [3.05, 3.63) is 84.3 Å². The molecule has 0 aliphatic carbocycles. The Morgan fingerprint density at radius 2 is 1.88 bits per heavy atom. The summed E-state index contributed by atoms with van der Waals surface area (Å²) in [5, 5.41) is 0. The molecule has 5 rings (SSSR count). The lowest BCUT2D eigenvalue weighted by Crippen LogP contribution is -2.19. The molecule has 0 atom stereocenters. The third kappa shape index (κ3) is 2.76. The van der Waals surface area contributed by atoms with Crippen molar-refractivity contribution in [2.24, 2.45) is 0 Å². The van der Waals surface area contributed by atoms with Crippen molar-refractivity contribution in [1.82, 2.24) is 24.3 Å². The molecule has 0 bridgehead atoms. The molecule has 5 heteroatoms. The van der Waals surface area contributed by atoms with Crippen LogP contribution in [0.4, 0.5) is 0 Å². The second kappa shape index (κ2) is 6.35. The van der Waals surface area contributed by atoms with Gasteiger partial charge in [-0.1, -0.05) is 6.07 Å². The number of nitrogens with zero attached hydrogens (tertiary/aromatic N) is 5. The molecule has 128 valence electrons. The van der Waals surface area contributed by atoms with E-state index in [9.17, 15) is 0 Å².